The molecule has 1 heterocycles. The Hall–Kier alpha value is -2.90. The normalized spacial score (nSPS) is 17.6. The van der Waals surface area contributed by atoms with Crippen molar-refractivity contribution < 1.29 is 19.2 Å². The Balaban J connectivity index is 1.44. The van der Waals surface area contributed by atoms with Gasteiger partial charge in [-0.05, 0) is 30.5 Å². The van der Waals surface area contributed by atoms with Gasteiger partial charge in [0.2, 0.25) is 17.7 Å². The lowest BCUT2D eigenvalue weighted by Gasteiger charge is -2.20. The minimum Gasteiger partial charge on any atom is -0.347 e. The second-order valence-electron chi connectivity index (χ2n) is 6.94. The molecule has 2 fully saturated rings. The maximum absolute atomic E-state index is 12.1. The van der Waals surface area contributed by atoms with E-state index in [2.05, 4.69) is 16.0 Å². The molecule has 1 aromatic rings. The Bertz CT molecular complexity index is 710. The smallest absolute Gasteiger partial charge is 0.324 e. The molecule has 3 N–H and O–H groups in total. The van der Waals surface area contributed by atoms with Crippen molar-refractivity contribution in [2.24, 2.45) is 5.92 Å². The van der Waals surface area contributed by atoms with E-state index < -0.39 is 6.03 Å². The third kappa shape index (κ3) is 5.06. The van der Waals surface area contributed by atoms with E-state index in [1.165, 1.54) is 6.42 Å². The third-order valence-corrected chi connectivity index (χ3v) is 4.91. The first-order valence-corrected chi connectivity index (χ1v) is 9.27. The monoisotopic (exact) mass is 372 g/mol. The summed E-state index contributed by atoms with van der Waals surface area (Å²) >= 11 is 0. The number of amides is 5. The van der Waals surface area contributed by atoms with Gasteiger partial charge in [-0.25, -0.2) is 4.79 Å². The Morgan fingerprint density at radius 1 is 1.07 bits per heavy atom. The van der Waals surface area contributed by atoms with Gasteiger partial charge in [-0.2, -0.15) is 0 Å². The number of benzene rings is 1. The zero-order chi connectivity index (χ0) is 19.2. The van der Waals surface area contributed by atoms with Gasteiger partial charge in [0, 0.05) is 11.6 Å². The van der Waals surface area contributed by atoms with Gasteiger partial charge in [-0.1, -0.05) is 31.4 Å². The van der Waals surface area contributed by atoms with Gasteiger partial charge < -0.3 is 16.0 Å². The number of anilines is 1. The largest absolute Gasteiger partial charge is 0.347 e. The van der Waals surface area contributed by atoms with Gasteiger partial charge in [0.15, 0.2) is 0 Å². The lowest BCUT2D eigenvalue weighted by molar-refractivity contribution is -0.128. The molecule has 1 saturated heterocycles. The molecule has 27 heavy (non-hydrogen) atoms. The Labute approximate surface area is 157 Å². The average molecular weight is 372 g/mol. The maximum Gasteiger partial charge on any atom is 0.324 e. The van der Waals surface area contributed by atoms with Crippen molar-refractivity contribution in [2.75, 3.05) is 18.4 Å². The zero-order valence-electron chi connectivity index (χ0n) is 15.1. The summed E-state index contributed by atoms with van der Waals surface area (Å²) in [5.41, 5.74) is 1.37. The first-order chi connectivity index (χ1) is 13.0. The van der Waals surface area contributed by atoms with Crippen molar-refractivity contribution in [2.45, 2.75) is 38.6 Å². The second-order valence-corrected chi connectivity index (χ2v) is 6.94. The van der Waals surface area contributed by atoms with E-state index in [9.17, 15) is 19.2 Å². The molecule has 0 radical (unpaired) electrons. The molecule has 0 spiro atoms. The Morgan fingerprint density at radius 3 is 2.41 bits per heavy atom. The Morgan fingerprint density at radius 2 is 1.78 bits per heavy atom. The highest BCUT2D eigenvalue weighted by atomic mass is 16.2. The van der Waals surface area contributed by atoms with E-state index >= 15 is 0 Å². The van der Waals surface area contributed by atoms with Crippen LogP contribution < -0.4 is 16.0 Å². The molecule has 1 saturated carbocycles. The number of rotatable bonds is 6. The first kappa shape index (κ1) is 18.9. The van der Waals surface area contributed by atoms with Crippen LogP contribution in [0.25, 0.3) is 0 Å². The highest BCUT2D eigenvalue weighted by Crippen LogP contribution is 2.23. The molecule has 0 unspecified atom stereocenters. The van der Waals surface area contributed by atoms with Crippen LogP contribution in [0.3, 0.4) is 0 Å². The maximum atomic E-state index is 12.1. The van der Waals surface area contributed by atoms with Crippen LogP contribution in [0, 0.1) is 5.92 Å². The lowest BCUT2D eigenvalue weighted by Crippen LogP contribution is -2.37. The second kappa shape index (κ2) is 8.66. The average Bonchev–Trinajstić information content (AvgIpc) is 3.00. The van der Waals surface area contributed by atoms with Crippen LogP contribution in [0.2, 0.25) is 0 Å². The molecule has 5 amide bonds. The summed E-state index contributed by atoms with van der Waals surface area (Å²) in [5.74, 6) is -0.572. The summed E-state index contributed by atoms with van der Waals surface area (Å²) in [7, 11) is 0. The van der Waals surface area contributed by atoms with Gasteiger partial charge in [0.1, 0.15) is 0 Å². The molecule has 8 nitrogen and oxygen atoms in total. The van der Waals surface area contributed by atoms with Crippen molar-refractivity contribution in [1.82, 2.24) is 15.5 Å². The molecule has 3 rings (SSSR count). The van der Waals surface area contributed by atoms with Crippen molar-refractivity contribution in [3.63, 3.8) is 0 Å². The number of carbonyl (C=O) groups excluding carboxylic acids is 4. The van der Waals surface area contributed by atoms with E-state index in [4.69, 9.17) is 0 Å². The van der Waals surface area contributed by atoms with Crippen molar-refractivity contribution in [3.8, 4) is 0 Å². The molecule has 1 aliphatic heterocycles. The number of hydrogen-bond acceptors (Lipinski definition) is 4. The Kier molecular flexibility index (Phi) is 6.05. The molecular weight excluding hydrogens is 348 g/mol. The summed E-state index contributed by atoms with van der Waals surface area (Å²) in [4.78, 5) is 48.4. The number of nitrogens with zero attached hydrogens (tertiary/aromatic N) is 1. The minimum atomic E-state index is -0.397. The van der Waals surface area contributed by atoms with Crippen LogP contribution in [0.15, 0.2) is 24.3 Å². The van der Waals surface area contributed by atoms with Gasteiger partial charge in [-0.3, -0.25) is 19.3 Å². The fourth-order valence-corrected chi connectivity index (χ4v) is 3.37. The number of hydrogen-bond donors (Lipinski definition) is 3. The fraction of sp³-hybridized carbons (Fsp3) is 0.474. The molecule has 1 aromatic carbocycles. The highest BCUT2D eigenvalue weighted by Gasteiger charge is 2.28. The van der Waals surface area contributed by atoms with Gasteiger partial charge in [0.25, 0.3) is 0 Å². The summed E-state index contributed by atoms with van der Waals surface area (Å²) in [5, 5.41) is 7.90. The van der Waals surface area contributed by atoms with Gasteiger partial charge in [0.05, 0.1) is 19.6 Å². The molecule has 144 valence electrons. The molecule has 8 heteroatoms. The highest BCUT2D eigenvalue weighted by molar-refractivity contribution is 6.01. The summed E-state index contributed by atoms with van der Waals surface area (Å²) in [6, 6.07) is 6.50. The van der Waals surface area contributed by atoms with E-state index in [1.54, 1.807) is 24.3 Å². The standard InChI is InChI=1S/C19H24N4O4/c24-16(10-20-18(26)14-4-2-1-3-5-14)22-15-8-6-13(7-9-15)12-23-17(25)11-21-19(23)27/h6-9,14H,1-5,10-12H2,(H,20,26)(H,21,27)(H,22,24). The molecule has 0 aromatic heterocycles. The SMILES string of the molecule is O=C(CNC(=O)C1CCCCC1)Nc1ccc(CN2C(=O)CNC2=O)cc1. The predicted octanol–water partition coefficient (Wildman–Crippen LogP) is 1.37. The lowest BCUT2D eigenvalue weighted by atomic mass is 9.89. The van der Waals surface area contributed by atoms with Crippen molar-refractivity contribution >= 4 is 29.4 Å². The van der Waals surface area contributed by atoms with Gasteiger partial charge in [-0.15, -0.1) is 0 Å². The molecule has 0 bridgehead atoms. The fourth-order valence-electron chi connectivity index (χ4n) is 3.37. The van der Waals surface area contributed by atoms with Crippen LogP contribution >= 0.6 is 0 Å². The number of imide groups is 1. The summed E-state index contributed by atoms with van der Waals surface area (Å²) in [6.45, 7) is 0.162. The van der Waals surface area contributed by atoms with Crippen LogP contribution in [0.4, 0.5) is 10.5 Å². The van der Waals surface area contributed by atoms with E-state index in [1.807, 2.05) is 0 Å². The summed E-state index contributed by atoms with van der Waals surface area (Å²) in [6.07, 6.45) is 5.11. The minimum absolute atomic E-state index is 0.0244. The molecule has 2 aliphatic rings. The number of carbonyl (C=O) groups is 4. The summed E-state index contributed by atoms with van der Waals surface area (Å²) < 4.78 is 0. The molecule has 1 aliphatic carbocycles. The quantitative estimate of drug-likeness (QED) is 0.656. The predicted molar refractivity (Wildman–Crippen MR) is 98.6 cm³/mol. The number of nitrogens with one attached hydrogen (secondary N) is 3. The van der Waals surface area contributed by atoms with Crippen LogP contribution in [0.1, 0.15) is 37.7 Å². The zero-order valence-corrected chi connectivity index (χ0v) is 15.1. The van der Waals surface area contributed by atoms with E-state index in [0.29, 0.717) is 5.69 Å². The van der Waals surface area contributed by atoms with Crippen LogP contribution in [-0.4, -0.2) is 41.7 Å². The van der Waals surface area contributed by atoms with Crippen molar-refractivity contribution in [3.05, 3.63) is 29.8 Å². The van der Waals surface area contributed by atoms with Crippen LogP contribution in [0.5, 0.6) is 0 Å². The number of urea groups is 1. The topological polar surface area (TPSA) is 108 Å². The first-order valence-electron chi connectivity index (χ1n) is 9.27. The van der Waals surface area contributed by atoms with E-state index in [0.717, 1.165) is 36.1 Å². The van der Waals surface area contributed by atoms with Gasteiger partial charge >= 0.3 is 6.03 Å². The molecular formula is C19H24N4O4. The van der Waals surface area contributed by atoms with E-state index in [-0.39, 0.29) is 43.3 Å². The molecule has 0 atom stereocenters. The third-order valence-electron chi connectivity index (χ3n) is 4.91. The van der Waals surface area contributed by atoms with Crippen LogP contribution in [-0.2, 0) is 20.9 Å². The van der Waals surface area contributed by atoms with Crippen molar-refractivity contribution in [1.29, 1.82) is 0 Å².